The van der Waals surface area contributed by atoms with Crippen LogP contribution in [0.15, 0.2) is 0 Å². The summed E-state index contributed by atoms with van der Waals surface area (Å²) in [5, 5.41) is 12.1. The van der Waals surface area contributed by atoms with Gasteiger partial charge in [-0.05, 0) is 37.7 Å². The quantitative estimate of drug-likeness (QED) is 0.677. The molecule has 22 heavy (non-hydrogen) atoms. The first-order chi connectivity index (χ1) is 10.2. The second kappa shape index (κ2) is 7.58. The topological polar surface area (TPSA) is 82.2 Å². The first-order valence-corrected chi connectivity index (χ1v) is 7.85. The monoisotopic (exact) mass is 308 g/mol. The van der Waals surface area contributed by atoms with Gasteiger partial charge in [0.05, 0.1) is 0 Å². The lowest BCUT2D eigenvalue weighted by Gasteiger charge is -2.22. The number of nitrogens with one attached hydrogen (secondary N) is 2. The van der Waals surface area contributed by atoms with Crippen molar-refractivity contribution in [3.63, 3.8) is 0 Å². The molecule has 1 unspecified atom stereocenters. The molecule has 3 N–H and O–H groups in total. The second-order valence-electron chi connectivity index (χ2n) is 6.46. The van der Waals surface area contributed by atoms with E-state index in [1.54, 1.807) is 0 Å². The van der Waals surface area contributed by atoms with Crippen molar-refractivity contribution in [1.29, 1.82) is 0 Å². The third-order valence-electron chi connectivity index (χ3n) is 3.94. The molecule has 5 heteroatoms. The van der Waals surface area contributed by atoms with E-state index in [9.17, 15) is 9.59 Å². The van der Waals surface area contributed by atoms with Crippen LogP contribution >= 0.6 is 0 Å². The first-order valence-electron chi connectivity index (χ1n) is 7.85. The highest BCUT2D eigenvalue weighted by Crippen LogP contribution is 2.27. The summed E-state index contributed by atoms with van der Waals surface area (Å²) in [7, 11) is 0. The van der Waals surface area contributed by atoms with E-state index in [1.807, 2.05) is 34.6 Å². The minimum atomic E-state index is -0.216. The minimum Gasteiger partial charge on any atom is -0.396 e. The van der Waals surface area contributed by atoms with Crippen molar-refractivity contribution < 1.29 is 14.7 Å². The summed E-state index contributed by atoms with van der Waals surface area (Å²) in [5.74, 6) is 0.0422. The van der Waals surface area contributed by atoms with Crippen LogP contribution < -0.4 is 5.32 Å². The Morgan fingerprint density at radius 3 is 2.23 bits per heavy atom. The van der Waals surface area contributed by atoms with Gasteiger partial charge >= 0.3 is 0 Å². The van der Waals surface area contributed by atoms with Crippen LogP contribution in [0.5, 0.6) is 0 Å². The summed E-state index contributed by atoms with van der Waals surface area (Å²) in [6.45, 7) is 11.3. The Labute approximate surface area is 132 Å². The summed E-state index contributed by atoms with van der Waals surface area (Å²) in [4.78, 5) is 27.6. The SMILES string of the molecule is CC(=O)c1c(C)[nH]c(C(=O)NC(CCO)C(C)C)c1C(C)C. The second-order valence-corrected chi connectivity index (χ2v) is 6.46. The lowest BCUT2D eigenvalue weighted by atomic mass is 9.94. The van der Waals surface area contributed by atoms with Crippen molar-refractivity contribution in [1.82, 2.24) is 10.3 Å². The number of Topliss-reactive ketones (excluding diaryl/α,β-unsaturated/α-hetero) is 1. The maximum Gasteiger partial charge on any atom is 0.268 e. The van der Waals surface area contributed by atoms with Crippen molar-refractivity contribution in [2.45, 2.75) is 59.9 Å². The molecule has 5 nitrogen and oxygen atoms in total. The van der Waals surface area contributed by atoms with E-state index in [0.717, 1.165) is 11.3 Å². The molecule has 0 bridgehead atoms. The highest BCUT2D eigenvalue weighted by molar-refractivity contribution is 6.03. The van der Waals surface area contributed by atoms with E-state index in [2.05, 4.69) is 10.3 Å². The van der Waals surface area contributed by atoms with Gasteiger partial charge < -0.3 is 15.4 Å². The van der Waals surface area contributed by atoms with Crippen molar-refractivity contribution in [3.8, 4) is 0 Å². The molecule has 0 aromatic carbocycles. The van der Waals surface area contributed by atoms with E-state index in [-0.39, 0.29) is 36.2 Å². The molecule has 124 valence electrons. The zero-order valence-corrected chi connectivity index (χ0v) is 14.4. The largest absolute Gasteiger partial charge is 0.396 e. The number of aryl methyl sites for hydroxylation is 1. The summed E-state index contributed by atoms with van der Waals surface area (Å²) < 4.78 is 0. The van der Waals surface area contributed by atoms with Crippen LogP contribution in [-0.4, -0.2) is 34.4 Å². The van der Waals surface area contributed by atoms with Crippen molar-refractivity contribution in [2.75, 3.05) is 6.61 Å². The Bertz CT molecular complexity index is 544. The molecule has 0 spiro atoms. The number of hydrogen-bond acceptors (Lipinski definition) is 3. The molecule has 1 aromatic rings. The Hall–Kier alpha value is -1.62. The van der Waals surface area contributed by atoms with Gasteiger partial charge in [-0.3, -0.25) is 9.59 Å². The average molecular weight is 308 g/mol. The lowest BCUT2D eigenvalue weighted by molar-refractivity contribution is 0.0910. The third-order valence-corrected chi connectivity index (χ3v) is 3.94. The maximum atomic E-state index is 12.6. The van der Waals surface area contributed by atoms with Crippen LogP contribution in [0.1, 0.15) is 79.1 Å². The fourth-order valence-corrected chi connectivity index (χ4v) is 2.81. The van der Waals surface area contributed by atoms with Gasteiger partial charge in [-0.25, -0.2) is 0 Å². The van der Waals surface area contributed by atoms with Crippen molar-refractivity contribution in [3.05, 3.63) is 22.5 Å². The summed E-state index contributed by atoms with van der Waals surface area (Å²) in [6, 6.07) is -0.0955. The molecule has 0 aliphatic rings. The average Bonchev–Trinajstić information content (AvgIpc) is 2.75. The number of hydrogen-bond donors (Lipinski definition) is 3. The smallest absolute Gasteiger partial charge is 0.268 e. The molecular weight excluding hydrogens is 280 g/mol. The molecule has 0 aliphatic heterocycles. The number of aliphatic hydroxyl groups excluding tert-OH is 1. The van der Waals surface area contributed by atoms with E-state index in [1.165, 1.54) is 6.92 Å². The molecule has 1 heterocycles. The van der Waals surface area contributed by atoms with Gasteiger partial charge in [-0.2, -0.15) is 0 Å². The molecular formula is C17H28N2O3. The molecule has 0 saturated heterocycles. The number of aromatic nitrogens is 1. The van der Waals surface area contributed by atoms with Crippen LogP contribution in [0, 0.1) is 12.8 Å². The highest BCUT2D eigenvalue weighted by atomic mass is 16.3. The van der Waals surface area contributed by atoms with Gasteiger partial charge in [0.2, 0.25) is 0 Å². The van der Waals surface area contributed by atoms with E-state index >= 15 is 0 Å². The number of ketones is 1. The summed E-state index contributed by atoms with van der Waals surface area (Å²) in [5.41, 5.74) is 2.57. The van der Waals surface area contributed by atoms with Gasteiger partial charge in [0.15, 0.2) is 5.78 Å². The standard InChI is InChI=1S/C17H28N2O3/c1-9(2)13(7-8-20)19-17(22)16-14(10(3)4)15(12(6)21)11(5)18-16/h9-10,13,18,20H,7-8H2,1-6H3,(H,19,22). The molecule has 0 aliphatic carbocycles. The number of aliphatic hydroxyl groups is 1. The van der Waals surface area contributed by atoms with E-state index in [0.29, 0.717) is 17.7 Å². The van der Waals surface area contributed by atoms with Gasteiger partial charge in [0, 0.05) is 23.9 Å². The zero-order chi connectivity index (χ0) is 17.0. The number of H-pyrrole nitrogens is 1. The number of amides is 1. The maximum absolute atomic E-state index is 12.6. The van der Waals surface area contributed by atoms with Crippen molar-refractivity contribution in [2.24, 2.45) is 5.92 Å². The number of rotatable bonds is 7. The number of carbonyl (C=O) groups excluding carboxylic acids is 2. The Balaban J connectivity index is 3.18. The Morgan fingerprint density at radius 1 is 1.23 bits per heavy atom. The van der Waals surface area contributed by atoms with E-state index in [4.69, 9.17) is 5.11 Å². The number of carbonyl (C=O) groups is 2. The van der Waals surface area contributed by atoms with Crippen LogP contribution in [0.25, 0.3) is 0 Å². The third kappa shape index (κ3) is 3.97. The molecule has 0 fully saturated rings. The zero-order valence-electron chi connectivity index (χ0n) is 14.4. The first kappa shape index (κ1) is 18.4. The molecule has 0 saturated carbocycles. The van der Waals surface area contributed by atoms with Crippen LogP contribution in [0.4, 0.5) is 0 Å². The fourth-order valence-electron chi connectivity index (χ4n) is 2.81. The normalized spacial score (nSPS) is 12.8. The summed E-state index contributed by atoms with van der Waals surface area (Å²) >= 11 is 0. The lowest BCUT2D eigenvalue weighted by Crippen LogP contribution is -2.39. The molecule has 1 amide bonds. The summed E-state index contributed by atoms with van der Waals surface area (Å²) in [6.07, 6.45) is 0.514. The Kier molecular flexibility index (Phi) is 6.35. The van der Waals surface area contributed by atoms with Gasteiger partial charge in [-0.1, -0.05) is 27.7 Å². The fraction of sp³-hybridized carbons (Fsp3) is 0.647. The van der Waals surface area contributed by atoms with Gasteiger partial charge in [0.1, 0.15) is 5.69 Å². The molecule has 1 rings (SSSR count). The van der Waals surface area contributed by atoms with Crippen molar-refractivity contribution >= 4 is 11.7 Å². The minimum absolute atomic E-state index is 0.0304. The van der Waals surface area contributed by atoms with Crippen LogP contribution in [0.2, 0.25) is 0 Å². The van der Waals surface area contributed by atoms with Crippen LogP contribution in [0.3, 0.4) is 0 Å². The predicted octanol–water partition coefficient (Wildman–Crippen LogP) is 2.79. The van der Waals surface area contributed by atoms with Gasteiger partial charge in [-0.15, -0.1) is 0 Å². The van der Waals surface area contributed by atoms with Crippen LogP contribution in [-0.2, 0) is 0 Å². The Morgan fingerprint density at radius 2 is 1.82 bits per heavy atom. The van der Waals surface area contributed by atoms with E-state index < -0.39 is 0 Å². The molecule has 0 radical (unpaired) electrons. The molecule has 1 aromatic heterocycles. The van der Waals surface area contributed by atoms with Gasteiger partial charge in [0.25, 0.3) is 5.91 Å². The predicted molar refractivity (Wildman–Crippen MR) is 87.4 cm³/mol. The molecule has 1 atom stereocenters. The highest BCUT2D eigenvalue weighted by Gasteiger charge is 2.26. The number of aromatic amines is 1.